The van der Waals surface area contributed by atoms with Gasteiger partial charge in [-0.1, -0.05) is 35.3 Å². The van der Waals surface area contributed by atoms with Gasteiger partial charge in [0.15, 0.2) is 0 Å². The third-order valence-corrected chi connectivity index (χ3v) is 4.96. The smallest absolute Gasteiger partial charge is 0.336 e. The Morgan fingerprint density at radius 2 is 1.52 bits per heavy atom. The van der Waals surface area contributed by atoms with Crippen LogP contribution in [0.1, 0.15) is 20.7 Å². The zero-order chi connectivity index (χ0) is 18.0. The van der Waals surface area contributed by atoms with Crippen LogP contribution in [-0.4, -0.2) is 48.1 Å². The summed E-state index contributed by atoms with van der Waals surface area (Å²) in [7, 11) is 0. The predicted octanol–water partition coefficient (Wildman–Crippen LogP) is 3.65. The molecular formula is C18H16Cl2N2O3. The Hall–Kier alpha value is -2.24. The van der Waals surface area contributed by atoms with E-state index < -0.39 is 5.97 Å². The van der Waals surface area contributed by atoms with Gasteiger partial charge in [-0.25, -0.2) is 4.79 Å². The van der Waals surface area contributed by atoms with Crippen molar-refractivity contribution in [1.82, 2.24) is 4.90 Å². The van der Waals surface area contributed by atoms with Crippen LogP contribution in [0.15, 0.2) is 42.5 Å². The van der Waals surface area contributed by atoms with Gasteiger partial charge in [-0.15, -0.1) is 0 Å². The van der Waals surface area contributed by atoms with Gasteiger partial charge in [0, 0.05) is 31.9 Å². The Kier molecular flexibility index (Phi) is 5.16. The first-order chi connectivity index (χ1) is 12.0. The summed E-state index contributed by atoms with van der Waals surface area (Å²) in [4.78, 5) is 27.8. The van der Waals surface area contributed by atoms with Crippen LogP contribution in [0.4, 0.5) is 5.69 Å². The fourth-order valence-corrected chi connectivity index (χ4v) is 3.17. The van der Waals surface area contributed by atoms with Crippen LogP contribution < -0.4 is 4.90 Å². The van der Waals surface area contributed by atoms with Gasteiger partial charge in [0.2, 0.25) is 0 Å². The molecule has 1 fully saturated rings. The van der Waals surface area contributed by atoms with Crippen molar-refractivity contribution in [3.05, 3.63) is 63.6 Å². The molecule has 0 unspecified atom stereocenters. The van der Waals surface area contributed by atoms with Crippen molar-refractivity contribution in [1.29, 1.82) is 0 Å². The summed E-state index contributed by atoms with van der Waals surface area (Å²) in [6, 6.07) is 11.7. The number of carboxylic acid groups (broad SMARTS) is 1. The maximum absolute atomic E-state index is 12.7. The van der Waals surface area contributed by atoms with Crippen molar-refractivity contribution in [2.24, 2.45) is 0 Å². The van der Waals surface area contributed by atoms with E-state index in [1.54, 1.807) is 35.2 Å². The van der Waals surface area contributed by atoms with Gasteiger partial charge in [0.1, 0.15) is 0 Å². The normalized spacial score (nSPS) is 14.5. The molecule has 1 saturated heterocycles. The lowest BCUT2D eigenvalue weighted by molar-refractivity contribution is 0.0673. The van der Waals surface area contributed by atoms with Crippen molar-refractivity contribution in [3.8, 4) is 0 Å². The maximum atomic E-state index is 12.7. The number of hydrogen-bond acceptors (Lipinski definition) is 3. The van der Waals surface area contributed by atoms with Gasteiger partial charge in [-0.2, -0.15) is 0 Å². The van der Waals surface area contributed by atoms with E-state index in [-0.39, 0.29) is 17.0 Å². The van der Waals surface area contributed by atoms with Crippen LogP contribution >= 0.6 is 23.2 Å². The number of halogens is 2. The highest BCUT2D eigenvalue weighted by atomic mass is 35.5. The van der Waals surface area contributed by atoms with Crippen LogP contribution in [0, 0.1) is 0 Å². The van der Waals surface area contributed by atoms with Gasteiger partial charge in [0.05, 0.1) is 21.2 Å². The molecule has 25 heavy (non-hydrogen) atoms. The van der Waals surface area contributed by atoms with E-state index in [1.807, 2.05) is 6.07 Å². The molecule has 5 nitrogen and oxygen atoms in total. The molecule has 7 heteroatoms. The lowest BCUT2D eigenvalue weighted by Crippen LogP contribution is -2.49. The van der Waals surface area contributed by atoms with Crippen molar-refractivity contribution < 1.29 is 14.7 Å². The van der Waals surface area contributed by atoms with E-state index in [0.717, 1.165) is 5.69 Å². The largest absolute Gasteiger partial charge is 0.478 e. The number of rotatable bonds is 3. The molecule has 0 atom stereocenters. The SMILES string of the molecule is O=C(O)c1ccccc1C(=O)N1CCN(c2ccc(Cl)c(Cl)c2)CC1. The Balaban J connectivity index is 1.71. The van der Waals surface area contributed by atoms with Crippen LogP contribution in [0.25, 0.3) is 0 Å². The minimum absolute atomic E-state index is 0.0272. The number of carboxylic acids is 1. The summed E-state index contributed by atoms with van der Waals surface area (Å²) in [6.45, 7) is 2.29. The number of hydrogen-bond donors (Lipinski definition) is 1. The highest BCUT2D eigenvalue weighted by molar-refractivity contribution is 6.42. The summed E-state index contributed by atoms with van der Waals surface area (Å²) in [5, 5.41) is 10.2. The van der Waals surface area contributed by atoms with Crippen molar-refractivity contribution in [3.63, 3.8) is 0 Å². The minimum Gasteiger partial charge on any atom is -0.478 e. The van der Waals surface area contributed by atoms with Crippen molar-refractivity contribution >= 4 is 40.8 Å². The Morgan fingerprint density at radius 3 is 2.12 bits per heavy atom. The highest BCUT2D eigenvalue weighted by Crippen LogP contribution is 2.28. The fourth-order valence-electron chi connectivity index (χ4n) is 2.88. The number of carbonyl (C=O) groups is 2. The second-order valence-electron chi connectivity index (χ2n) is 5.73. The van der Waals surface area contributed by atoms with Crippen molar-refractivity contribution in [2.45, 2.75) is 0 Å². The molecule has 130 valence electrons. The van der Waals surface area contributed by atoms with Crippen LogP contribution in [-0.2, 0) is 0 Å². The van der Waals surface area contributed by atoms with E-state index in [2.05, 4.69) is 4.90 Å². The second kappa shape index (κ2) is 7.33. The minimum atomic E-state index is -1.10. The summed E-state index contributed by atoms with van der Waals surface area (Å²) >= 11 is 12.0. The molecule has 2 aromatic rings. The zero-order valence-electron chi connectivity index (χ0n) is 13.3. The highest BCUT2D eigenvalue weighted by Gasteiger charge is 2.25. The number of amides is 1. The quantitative estimate of drug-likeness (QED) is 0.885. The first kappa shape index (κ1) is 17.6. The Labute approximate surface area is 155 Å². The molecule has 1 aliphatic rings. The zero-order valence-corrected chi connectivity index (χ0v) is 14.8. The summed E-state index contributed by atoms with van der Waals surface area (Å²) in [6.07, 6.45) is 0. The topological polar surface area (TPSA) is 60.9 Å². The molecule has 0 radical (unpaired) electrons. The summed E-state index contributed by atoms with van der Waals surface area (Å²) < 4.78 is 0. The fraction of sp³-hybridized carbons (Fsp3) is 0.222. The second-order valence-corrected chi connectivity index (χ2v) is 6.54. The molecule has 0 aliphatic carbocycles. The van der Waals surface area contributed by atoms with Gasteiger partial charge in [-0.3, -0.25) is 4.79 Å². The lowest BCUT2D eigenvalue weighted by Gasteiger charge is -2.36. The number of benzene rings is 2. The van der Waals surface area contributed by atoms with Crippen LogP contribution in [0.3, 0.4) is 0 Å². The van der Waals surface area contributed by atoms with E-state index >= 15 is 0 Å². The van der Waals surface area contributed by atoms with Gasteiger partial charge >= 0.3 is 5.97 Å². The monoisotopic (exact) mass is 378 g/mol. The van der Waals surface area contributed by atoms with Crippen LogP contribution in [0.5, 0.6) is 0 Å². The van der Waals surface area contributed by atoms with Gasteiger partial charge < -0.3 is 14.9 Å². The molecule has 1 aliphatic heterocycles. The van der Waals surface area contributed by atoms with E-state index in [1.165, 1.54) is 6.07 Å². The molecule has 0 spiro atoms. The van der Waals surface area contributed by atoms with Crippen molar-refractivity contribution in [2.75, 3.05) is 31.1 Å². The number of nitrogens with zero attached hydrogens (tertiary/aromatic N) is 2. The molecule has 0 saturated carbocycles. The number of anilines is 1. The molecular weight excluding hydrogens is 363 g/mol. The lowest BCUT2D eigenvalue weighted by atomic mass is 10.1. The number of piperazine rings is 1. The Bertz CT molecular complexity index is 818. The molecule has 0 bridgehead atoms. The standard InChI is InChI=1S/C18H16Cl2N2O3/c19-15-6-5-12(11-16(15)20)21-7-9-22(10-8-21)17(23)13-3-1-2-4-14(13)18(24)25/h1-6,11H,7-10H2,(H,24,25). The number of aromatic carboxylic acids is 1. The first-order valence-electron chi connectivity index (χ1n) is 7.79. The Morgan fingerprint density at radius 1 is 0.880 bits per heavy atom. The average Bonchev–Trinajstić information content (AvgIpc) is 2.63. The third kappa shape index (κ3) is 3.72. The van der Waals surface area contributed by atoms with E-state index in [4.69, 9.17) is 23.2 Å². The van der Waals surface area contributed by atoms with E-state index in [0.29, 0.717) is 36.2 Å². The third-order valence-electron chi connectivity index (χ3n) is 4.22. The average molecular weight is 379 g/mol. The molecule has 1 heterocycles. The molecule has 1 amide bonds. The summed E-state index contributed by atoms with van der Waals surface area (Å²) in [5.41, 5.74) is 1.20. The summed E-state index contributed by atoms with van der Waals surface area (Å²) in [5.74, 6) is -1.36. The van der Waals surface area contributed by atoms with Gasteiger partial charge in [-0.05, 0) is 30.3 Å². The van der Waals surface area contributed by atoms with E-state index in [9.17, 15) is 14.7 Å². The molecule has 2 aromatic carbocycles. The maximum Gasteiger partial charge on any atom is 0.336 e. The van der Waals surface area contributed by atoms with Gasteiger partial charge in [0.25, 0.3) is 5.91 Å². The van der Waals surface area contributed by atoms with Crippen LogP contribution in [0.2, 0.25) is 10.0 Å². The molecule has 3 rings (SSSR count). The number of carbonyl (C=O) groups excluding carboxylic acids is 1. The predicted molar refractivity (Wildman–Crippen MR) is 98.0 cm³/mol. The first-order valence-corrected chi connectivity index (χ1v) is 8.54. The molecule has 1 N–H and O–H groups in total. The molecule has 0 aromatic heterocycles.